The molecule has 1 N–H and O–H groups in total. The fourth-order valence-corrected chi connectivity index (χ4v) is 4.91. The van der Waals surface area contributed by atoms with Gasteiger partial charge in [-0.3, -0.25) is 4.79 Å². The third-order valence-corrected chi connectivity index (χ3v) is 6.93. The third kappa shape index (κ3) is 6.95. The number of carboxylic acid groups (broad SMARTS) is 1. The van der Waals surface area contributed by atoms with Gasteiger partial charge in [-0.25, -0.2) is 0 Å². The molecule has 4 rings (SSSR count). The van der Waals surface area contributed by atoms with Gasteiger partial charge in [-0.05, 0) is 59.7 Å². The van der Waals surface area contributed by atoms with Crippen molar-refractivity contribution >= 4 is 51.8 Å². The summed E-state index contributed by atoms with van der Waals surface area (Å²) in [4.78, 5) is 14.7. The summed E-state index contributed by atoms with van der Waals surface area (Å²) >= 11 is 14.8. The van der Waals surface area contributed by atoms with E-state index in [1.165, 1.54) is 16.2 Å². The van der Waals surface area contributed by atoms with Crippen LogP contribution >= 0.6 is 45.9 Å². The maximum atomic E-state index is 10.5. The Balaban J connectivity index is 0.000000176. The second-order valence-corrected chi connectivity index (χ2v) is 9.66. The lowest BCUT2D eigenvalue weighted by molar-refractivity contribution is -0.136. The number of carboxylic acids is 1. The van der Waals surface area contributed by atoms with Crippen molar-refractivity contribution in [3.8, 4) is 27.0 Å². The van der Waals surface area contributed by atoms with Crippen molar-refractivity contribution < 1.29 is 9.90 Å². The Bertz CT molecular complexity index is 1190. The van der Waals surface area contributed by atoms with Crippen LogP contribution in [0.15, 0.2) is 72.8 Å². The van der Waals surface area contributed by atoms with Gasteiger partial charge in [-0.2, -0.15) is 5.26 Å². The average Bonchev–Trinajstić information content (AvgIpc) is 3.39. The van der Waals surface area contributed by atoms with Crippen LogP contribution in [-0.4, -0.2) is 11.1 Å². The zero-order valence-corrected chi connectivity index (χ0v) is 19.4. The van der Waals surface area contributed by atoms with Crippen molar-refractivity contribution in [3.63, 3.8) is 0 Å². The Kier molecular flexibility index (Phi) is 8.27. The largest absolute Gasteiger partial charge is 0.481 e. The van der Waals surface area contributed by atoms with Gasteiger partial charge in [-0.1, -0.05) is 47.5 Å². The third-order valence-electron chi connectivity index (χ3n) is 4.16. The van der Waals surface area contributed by atoms with E-state index in [0.717, 1.165) is 30.8 Å². The van der Waals surface area contributed by atoms with Gasteiger partial charge in [0.2, 0.25) is 0 Å². The zero-order chi connectivity index (χ0) is 22.2. The van der Waals surface area contributed by atoms with Crippen LogP contribution in [0.4, 0.5) is 0 Å². The molecule has 2 aromatic carbocycles. The van der Waals surface area contributed by atoms with Crippen LogP contribution in [0.1, 0.15) is 9.75 Å². The summed E-state index contributed by atoms with van der Waals surface area (Å²) in [5.41, 5.74) is 2.21. The molecule has 0 aliphatic carbocycles. The predicted molar refractivity (Wildman–Crippen MR) is 130 cm³/mol. The van der Waals surface area contributed by atoms with Crippen molar-refractivity contribution in [1.82, 2.24) is 0 Å². The minimum absolute atomic E-state index is 0.0816. The monoisotopic (exact) mass is 485 g/mol. The fraction of sp³-hybridized carbons (Fsp3) is 0.0833. The van der Waals surface area contributed by atoms with Crippen LogP contribution in [-0.2, 0) is 17.6 Å². The van der Waals surface area contributed by atoms with Gasteiger partial charge < -0.3 is 5.11 Å². The lowest BCUT2D eigenvalue weighted by Crippen LogP contribution is -1.96. The standard InChI is InChI=1S/C12H8ClNS.C12H9ClO2S/c13-10-3-1-9(2-4-10)12-6-5-11(15-12)7-8-14;13-9-3-1-8(2-4-9)11-6-5-10(16-11)7-12(14)15/h1-6H,7H2;1-6H,7H2,(H,14,15). The Morgan fingerprint density at radius 2 is 1.23 bits per heavy atom. The molecular formula is C24H17Cl2NO2S2. The van der Waals surface area contributed by atoms with Gasteiger partial charge in [0.15, 0.2) is 0 Å². The molecule has 3 nitrogen and oxygen atoms in total. The fourth-order valence-electron chi connectivity index (χ4n) is 2.71. The highest BCUT2D eigenvalue weighted by Crippen LogP contribution is 2.30. The molecular weight excluding hydrogens is 469 g/mol. The number of carbonyl (C=O) groups is 1. The Morgan fingerprint density at radius 3 is 1.68 bits per heavy atom. The van der Waals surface area contributed by atoms with Gasteiger partial charge in [-0.15, -0.1) is 22.7 Å². The van der Waals surface area contributed by atoms with Crippen molar-refractivity contribution in [2.75, 3.05) is 0 Å². The minimum Gasteiger partial charge on any atom is -0.481 e. The van der Waals surface area contributed by atoms with E-state index in [9.17, 15) is 4.79 Å². The van der Waals surface area contributed by atoms with E-state index in [4.69, 9.17) is 33.6 Å². The first-order chi connectivity index (χ1) is 14.9. The topological polar surface area (TPSA) is 61.1 Å². The van der Waals surface area contributed by atoms with Crippen LogP contribution in [0.5, 0.6) is 0 Å². The number of nitrogens with zero attached hydrogens (tertiary/aromatic N) is 1. The molecule has 7 heteroatoms. The molecule has 0 saturated heterocycles. The van der Waals surface area contributed by atoms with Crippen LogP contribution in [0.3, 0.4) is 0 Å². The molecule has 0 amide bonds. The van der Waals surface area contributed by atoms with Crippen molar-refractivity contribution in [2.45, 2.75) is 12.8 Å². The summed E-state index contributed by atoms with van der Waals surface area (Å²) in [6.07, 6.45) is 0.566. The van der Waals surface area contributed by atoms with E-state index >= 15 is 0 Å². The summed E-state index contributed by atoms with van der Waals surface area (Å²) in [5.74, 6) is -0.801. The SMILES string of the molecule is N#CCc1ccc(-c2ccc(Cl)cc2)s1.O=C(O)Cc1ccc(-c2ccc(Cl)cc2)s1. The summed E-state index contributed by atoms with van der Waals surface area (Å²) < 4.78 is 0. The molecule has 31 heavy (non-hydrogen) atoms. The lowest BCUT2D eigenvalue weighted by atomic mass is 10.2. The molecule has 0 spiro atoms. The second-order valence-electron chi connectivity index (χ2n) is 6.45. The number of nitriles is 1. The molecule has 0 unspecified atom stereocenters. The number of aliphatic carboxylic acids is 1. The number of rotatable bonds is 5. The number of hydrogen-bond acceptors (Lipinski definition) is 4. The number of hydrogen-bond donors (Lipinski definition) is 1. The maximum Gasteiger partial charge on any atom is 0.308 e. The summed E-state index contributed by atoms with van der Waals surface area (Å²) in [6, 6.07) is 25.2. The highest BCUT2D eigenvalue weighted by molar-refractivity contribution is 7.15. The van der Waals surface area contributed by atoms with Crippen molar-refractivity contribution in [1.29, 1.82) is 5.26 Å². The van der Waals surface area contributed by atoms with Crippen molar-refractivity contribution in [2.24, 2.45) is 0 Å². The maximum absolute atomic E-state index is 10.5. The van der Waals surface area contributed by atoms with Crippen LogP contribution in [0.2, 0.25) is 10.0 Å². The first kappa shape index (κ1) is 23.1. The van der Waals surface area contributed by atoms with Crippen LogP contribution < -0.4 is 0 Å². The molecule has 0 saturated carbocycles. The van der Waals surface area contributed by atoms with Crippen LogP contribution in [0.25, 0.3) is 20.9 Å². The number of halogens is 2. The quantitative estimate of drug-likeness (QED) is 0.313. The van der Waals surface area contributed by atoms with Gasteiger partial charge in [0.1, 0.15) is 0 Å². The van der Waals surface area contributed by atoms with E-state index < -0.39 is 5.97 Å². The molecule has 0 aliphatic heterocycles. The second kappa shape index (κ2) is 11.1. The van der Waals surface area contributed by atoms with Gasteiger partial charge in [0.05, 0.1) is 18.9 Å². The summed E-state index contributed by atoms with van der Waals surface area (Å²) in [5, 5.41) is 18.7. The van der Waals surface area contributed by atoms with Gasteiger partial charge in [0.25, 0.3) is 0 Å². The lowest BCUT2D eigenvalue weighted by Gasteiger charge is -1.96. The van der Waals surface area contributed by atoms with Crippen molar-refractivity contribution in [3.05, 3.63) is 92.6 Å². The molecule has 0 atom stereocenters. The predicted octanol–water partition coefficient (Wildman–Crippen LogP) is 7.83. The molecule has 156 valence electrons. The first-order valence-electron chi connectivity index (χ1n) is 9.22. The van der Waals surface area contributed by atoms with Gasteiger partial charge >= 0.3 is 5.97 Å². The van der Waals surface area contributed by atoms with E-state index in [0.29, 0.717) is 11.4 Å². The summed E-state index contributed by atoms with van der Waals surface area (Å²) in [7, 11) is 0. The van der Waals surface area contributed by atoms with E-state index in [1.54, 1.807) is 11.3 Å². The first-order valence-corrected chi connectivity index (χ1v) is 11.6. The summed E-state index contributed by atoms with van der Waals surface area (Å²) in [6.45, 7) is 0. The van der Waals surface area contributed by atoms with E-state index in [2.05, 4.69) is 6.07 Å². The highest BCUT2D eigenvalue weighted by atomic mass is 35.5. The van der Waals surface area contributed by atoms with E-state index in [-0.39, 0.29) is 6.42 Å². The molecule has 0 bridgehead atoms. The molecule has 4 aromatic rings. The van der Waals surface area contributed by atoms with Gasteiger partial charge in [0, 0.05) is 29.6 Å². The Hall–Kier alpha value is -2.62. The Labute approximate surface area is 198 Å². The molecule has 0 fully saturated rings. The minimum atomic E-state index is -0.801. The highest BCUT2D eigenvalue weighted by Gasteiger charge is 2.06. The molecule has 0 radical (unpaired) electrons. The zero-order valence-electron chi connectivity index (χ0n) is 16.2. The van der Waals surface area contributed by atoms with Crippen LogP contribution in [0, 0.1) is 11.3 Å². The smallest absolute Gasteiger partial charge is 0.308 e. The normalized spacial score (nSPS) is 10.1. The number of benzene rings is 2. The molecule has 0 aliphatic rings. The average molecular weight is 486 g/mol. The molecule has 2 aromatic heterocycles. The van der Waals surface area contributed by atoms with E-state index in [1.807, 2.05) is 72.8 Å². The number of thiophene rings is 2. The Morgan fingerprint density at radius 1 is 0.774 bits per heavy atom. The molecule has 2 heterocycles.